The number of carbonyl (C=O) groups excluding carboxylic acids is 1. The van der Waals surface area contributed by atoms with Crippen molar-refractivity contribution >= 4 is 17.2 Å². The molecule has 0 aliphatic carbocycles. The Morgan fingerprint density at radius 1 is 1.46 bits per heavy atom. The first kappa shape index (κ1) is 17.7. The summed E-state index contributed by atoms with van der Waals surface area (Å²) in [7, 11) is 1.99. The van der Waals surface area contributed by atoms with Crippen molar-refractivity contribution < 1.29 is 13.9 Å². The molecule has 2 aromatic heterocycles. The highest BCUT2D eigenvalue weighted by molar-refractivity contribution is 7.09. The van der Waals surface area contributed by atoms with Crippen LogP contribution in [-0.4, -0.2) is 65.6 Å². The van der Waals surface area contributed by atoms with Crippen molar-refractivity contribution in [2.75, 3.05) is 33.3 Å². The number of aromatic nitrogens is 1. The van der Waals surface area contributed by atoms with E-state index < -0.39 is 0 Å². The van der Waals surface area contributed by atoms with Crippen LogP contribution in [0.3, 0.4) is 0 Å². The Bertz CT molecular complexity index is 754. The molecule has 0 bridgehead atoms. The van der Waals surface area contributed by atoms with Gasteiger partial charge in [-0.15, -0.1) is 11.3 Å². The van der Waals surface area contributed by atoms with Crippen LogP contribution in [0.4, 0.5) is 0 Å². The zero-order valence-electron chi connectivity index (χ0n) is 15.1. The molecule has 0 saturated carbocycles. The summed E-state index contributed by atoms with van der Waals surface area (Å²) in [6, 6.07) is 3.41. The number of rotatable bonds is 5. The summed E-state index contributed by atoms with van der Waals surface area (Å²) in [5.74, 6) is 0.731. The van der Waals surface area contributed by atoms with Crippen LogP contribution in [0.25, 0.3) is 0 Å². The van der Waals surface area contributed by atoms with Crippen molar-refractivity contribution in [3.8, 4) is 0 Å². The van der Waals surface area contributed by atoms with E-state index in [-0.39, 0.29) is 17.6 Å². The van der Waals surface area contributed by atoms with E-state index in [9.17, 15) is 4.79 Å². The average molecular weight is 376 g/mol. The second-order valence-corrected chi connectivity index (χ2v) is 8.19. The summed E-state index contributed by atoms with van der Waals surface area (Å²) < 4.78 is 11.4. The molecule has 2 aromatic rings. The fraction of sp³-hybridized carbons (Fsp3) is 0.556. The summed E-state index contributed by atoms with van der Waals surface area (Å²) in [6.07, 6.45) is 1.61. The van der Waals surface area contributed by atoms with Crippen molar-refractivity contribution in [3.63, 3.8) is 0 Å². The molecule has 140 valence electrons. The molecule has 4 rings (SSSR count). The van der Waals surface area contributed by atoms with Crippen LogP contribution in [0.5, 0.6) is 0 Å². The third kappa shape index (κ3) is 3.68. The van der Waals surface area contributed by atoms with Gasteiger partial charge in [0, 0.05) is 30.7 Å². The van der Waals surface area contributed by atoms with E-state index in [4.69, 9.17) is 9.15 Å². The number of morpholine rings is 1. The standard InChI is InChI=1S/C18H24N4O3S/c1-13-9-26-16(20-13)7-22-11-18(12-22)10-21(2)15(8-25-18)17(23)19-6-14-4-3-5-24-14/h3-5,9,15H,6-8,10-12H2,1-2H3,(H,19,23)/t15-/m0/s1. The monoisotopic (exact) mass is 376 g/mol. The minimum Gasteiger partial charge on any atom is -0.467 e. The SMILES string of the molecule is Cc1csc(CN2CC3(C2)CN(C)[C@H](C(=O)NCc2ccco2)CO3)n1. The lowest BCUT2D eigenvalue weighted by molar-refractivity contribution is -0.198. The van der Waals surface area contributed by atoms with Crippen LogP contribution >= 0.6 is 11.3 Å². The van der Waals surface area contributed by atoms with Crippen LogP contribution in [0.2, 0.25) is 0 Å². The number of carbonyl (C=O) groups is 1. The van der Waals surface area contributed by atoms with Gasteiger partial charge in [-0.3, -0.25) is 14.6 Å². The first-order valence-corrected chi connectivity index (χ1v) is 9.69. The number of furan rings is 1. The molecule has 1 N–H and O–H groups in total. The van der Waals surface area contributed by atoms with Gasteiger partial charge in [-0.25, -0.2) is 4.98 Å². The quantitative estimate of drug-likeness (QED) is 0.847. The first-order valence-electron chi connectivity index (χ1n) is 8.81. The van der Waals surface area contributed by atoms with Crippen molar-refractivity contribution in [2.45, 2.75) is 31.7 Å². The number of aryl methyl sites for hydroxylation is 1. The zero-order valence-corrected chi connectivity index (χ0v) is 15.9. The number of hydrogen-bond donors (Lipinski definition) is 1. The smallest absolute Gasteiger partial charge is 0.240 e. The summed E-state index contributed by atoms with van der Waals surface area (Å²) in [5.41, 5.74) is 0.927. The van der Waals surface area contributed by atoms with Crippen LogP contribution in [0.15, 0.2) is 28.2 Å². The lowest BCUT2D eigenvalue weighted by Gasteiger charge is -2.54. The molecule has 2 aliphatic rings. The molecule has 1 spiro atoms. The first-order chi connectivity index (χ1) is 12.5. The predicted octanol–water partition coefficient (Wildman–Crippen LogP) is 1.25. The Labute approximate surface area is 156 Å². The maximum Gasteiger partial charge on any atom is 0.240 e. The molecular formula is C18H24N4O3S. The molecule has 7 nitrogen and oxygen atoms in total. The van der Waals surface area contributed by atoms with Gasteiger partial charge in [0.1, 0.15) is 22.4 Å². The van der Waals surface area contributed by atoms with Crippen molar-refractivity contribution in [1.82, 2.24) is 20.1 Å². The van der Waals surface area contributed by atoms with Gasteiger partial charge in [-0.1, -0.05) is 0 Å². The summed E-state index contributed by atoms with van der Waals surface area (Å²) in [5, 5.41) is 6.16. The van der Waals surface area contributed by atoms with Crippen molar-refractivity contribution in [2.24, 2.45) is 0 Å². The lowest BCUT2D eigenvalue weighted by Crippen LogP contribution is -2.72. The van der Waals surface area contributed by atoms with Gasteiger partial charge in [-0.2, -0.15) is 0 Å². The van der Waals surface area contributed by atoms with E-state index in [1.807, 2.05) is 26.1 Å². The molecular weight excluding hydrogens is 352 g/mol. The summed E-state index contributed by atoms with van der Waals surface area (Å²) in [4.78, 5) is 21.4. The third-order valence-corrected chi connectivity index (χ3v) is 5.94. The molecule has 1 atom stereocenters. The maximum absolute atomic E-state index is 12.4. The molecule has 4 heterocycles. The van der Waals surface area contributed by atoms with E-state index in [1.54, 1.807) is 17.6 Å². The number of likely N-dealkylation sites (tertiary alicyclic amines) is 1. The minimum atomic E-state index is -0.258. The number of likely N-dealkylation sites (N-methyl/N-ethyl adjacent to an activating group) is 1. The molecule has 8 heteroatoms. The van der Waals surface area contributed by atoms with Crippen LogP contribution in [-0.2, 0) is 22.6 Å². The Morgan fingerprint density at radius 3 is 2.96 bits per heavy atom. The number of amides is 1. The van der Waals surface area contributed by atoms with E-state index in [1.165, 1.54) is 0 Å². The van der Waals surface area contributed by atoms with Gasteiger partial charge >= 0.3 is 0 Å². The third-order valence-electron chi connectivity index (χ3n) is 4.99. The predicted molar refractivity (Wildman–Crippen MR) is 97.8 cm³/mol. The van der Waals surface area contributed by atoms with E-state index in [0.29, 0.717) is 13.2 Å². The summed E-state index contributed by atoms with van der Waals surface area (Å²) >= 11 is 1.71. The molecule has 0 unspecified atom stereocenters. The topological polar surface area (TPSA) is 70.8 Å². The number of hydrogen-bond acceptors (Lipinski definition) is 7. The Morgan fingerprint density at radius 2 is 2.31 bits per heavy atom. The second kappa shape index (κ2) is 7.11. The molecule has 2 saturated heterocycles. The highest BCUT2D eigenvalue weighted by Crippen LogP contribution is 2.32. The molecule has 2 fully saturated rings. The zero-order chi connectivity index (χ0) is 18.1. The number of nitrogens with one attached hydrogen (secondary N) is 1. The van der Waals surface area contributed by atoms with Gasteiger partial charge in [0.25, 0.3) is 0 Å². The number of thiazole rings is 1. The largest absolute Gasteiger partial charge is 0.467 e. The second-order valence-electron chi connectivity index (χ2n) is 7.25. The van der Waals surface area contributed by atoms with Gasteiger partial charge in [-0.05, 0) is 26.1 Å². The summed E-state index contributed by atoms with van der Waals surface area (Å²) in [6.45, 7) is 6.26. The number of nitrogens with zero attached hydrogens (tertiary/aromatic N) is 3. The molecule has 1 amide bonds. The average Bonchev–Trinajstić information content (AvgIpc) is 3.23. The Balaban J connectivity index is 1.25. The van der Waals surface area contributed by atoms with Crippen LogP contribution in [0, 0.1) is 6.92 Å². The highest BCUT2D eigenvalue weighted by atomic mass is 32.1. The number of ether oxygens (including phenoxy) is 1. The Hall–Kier alpha value is -1.74. The van der Waals surface area contributed by atoms with E-state index in [2.05, 4.69) is 25.5 Å². The fourth-order valence-electron chi connectivity index (χ4n) is 3.71. The highest BCUT2D eigenvalue weighted by Gasteiger charge is 2.49. The van der Waals surface area contributed by atoms with E-state index >= 15 is 0 Å². The molecule has 0 radical (unpaired) electrons. The maximum atomic E-state index is 12.4. The van der Waals surface area contributed by atoms with Gasteiger partial charge in [0.05, 0.1) is 26.0 Å². The lowest BCUT2D eigenvalue weighted by atomic mass is 9.90. The fourth-order valence-corrected chi connectivity index (χ4v) is 4.53. The van der Waals surface area contributed by atoms with Crippen LogP contribution in [0.1, 0.15) is 16.5 Å². The molecule has 2 aliphatic heterocycles. The molecule has 0 aromatic carbocycles. The molecule has 26 heavy (non-hydrogen) atoms. The van der Waals surface area contributed by atoms with Crippen LogP contribution < -0.4 is 5.32 Å². The van der Waals surface area contributed by atoms with Crippen molar-refractivity contribution in [1.29, 1.82) is 0 Å². The van der Waals surface area contributed by atoms with E-state index in [0.717, 1.165) is 42.6 Å². The normalized spacial score (nSPS) is 23.1. The van der Waals surface area contributed by atoms with Gasteiger partial charge < -0.3 is 14.5 Å². The van der Waals surface area contributed by atoms with Crippen molar-refractivity contribution in [3.05, 3.63) is 40.2 Å². The Kier molecular flexibility index (Phi) is 4.83. The minimum absolute atomic E-state index is 0.0202. The van der Waals surface area contributed by atoms with Gasteiger partial charge in [0.2, 0.25) is 5.91 Å². The van der Waals surface area contributed by atoms with Gasteiger partial charge in [0.15, 0.2) is 0 Å².